The van der Waals surface area contributed by atoms with Crippen molar-refractivity contribution in [1.82, 2.24) is 20.1 Å². The number of pyridine rings is 1. The molecule has 6 heteroatoms. The van der Waals surface area contributed by atoms with Gasteiger partial charge in [-0.3, -0.25) is 9.78 Å². The van der Waals surface area contributed by atoms with Crippen LogP contribution in [0.5, 0.6) is 0 Å². The highest BCUT2D eigenvalue weighted by atomic mass is 19.1. The van der Waals surface area contributed by atoms with Gasteiger partial charge in [-0.05, 0) is 62.8 Å². The zero-order chi connectivity index (χ0) is 19.9. The Hall–Kier alpha value is -3.02. The van der Waals surface area contributed by atoms with E-state index in [2.05, 4.69) is 10.3 Å². The summed E-state index contributed by atoms with van der Waals surface area (Å²) in [5, 5.41) is 7.96. The van der Waals surface area contributed by atoms with Crippen molar-refractivity contribution in [2.24, 2.45) is 0 Å². The Morgan fingerprint density at radius 1 is 0.966 bits per heavy atom. The predicted octanol–water partition coefficient (Wildman–Crippen LogP) is 4.48. The molecule has 5 nitrogen and oxygen atoms in total. The van der Waals surface area contributed by atoms with Crippen molar-refractivity contribution in [3.8, 4) is 16.9 Å². The Kier molecular flexibility index (Phi) is 4.23. The van der Waals surface area contributed by atoms with E-state index in [1.807, 2.05) is 42.5 Å². The lowest BCUT2D eigenvalue weighted by Crippen LogP contribution is -2.57. The maximum atomic E-state index is 14.5. The van der Waals surface area contributed by atoms with Crippen LogP contribution in [0.15, 0.2) is 61.1 Å². The van der Waals surface area contributed by atoms with Gasteiger partial charge in [0.1, 0.15) is 11.4 Å². The maximum Gasteiger partial charge on any atom is 0.255 e. The number of alkyl halides is 1. The van der Waals surface area contributed by atoms with E-state index in [9.17, 15) is 9.18 Å². The van der Waals surface area contributed by atoms with E-state index in [-0.39, 0.29) is 11.4 Å². The van der Waals surface area contributed by atoms with Crippen LogP contribution in [-0.2, 0) is 0 Å². The largest absolute Gasteiger partial charge is 0.346 e. The quantitative estimate of drug-likeness (QED) is 0.715. The van der Waals surface area contributed by atoms with Gasteiger partial charge in [-0.15, -0.1) is 0 Å². The molecular weight excluding hydrogens is 367 g/mol. The molecule has 3 aromatic rings. The fourth-order valence-electron chi connectivity index (χ4n) is 4.61. The zero-order valence-electron chi connectivity index (χ0n) is 16.1. The first-order valence-electron chi connectivity index (χ1n) is 10.1. The lowest BCUT2D eigenvalue weighted by atomic mass is 9.64. The first-order chi connectivity index (χ1) is 14.1. The molecule has 1 N–H and O–H groups in total. The van der Waals surface area contributed by atoms with Crippen molar-refractivity contribution in [3.63, 3.8) is 0 Å². The summed E-state index contributed by atoms with van der Waals surface area (Å²) in [7, 11) is 0. The molecule has 1 amide bonds. The van der Waals surface area contributed by atoms with Gasteiger partial charge in [0.25, 0.3) is 5.91 Å². The van der Waals surface area contributed by atoms with Crippen LogP contribution in [0, 0.1) is 0 Å². The molecule has 0 saturated heterocycles. The van der Waals surface area contributed by atoms with Crippen molar-refractivity contribution >= 4 is 5.91 Å². The summed E-state index contributed by atoms with van der Waals surface area (Å²) in [5.41, 5.74) is 1.56. The number of halogens is 1. The number of hydrogen-bond donors (Lipinski definition) is 1. The molecule has 0 aliphatic heterocycles. The minimum absolute atomic E-state index is 0.146. The van der Waals surface area contributed by atoms with E-state index in [0.29, 0.717) is 49.8 Å². The minimum Gasteiger partial charge on any atom is -0.346 e. The Labute approximate surface area is 169 Å². The number of hydrogen-bond acceptors (Lipinski definition) is 3. The van der Waals surface area contributed by atoms with Crippen LogP contribution in [0.4, 0.5) is 4.39 Å². The van der Waals surface area contributed by atoms with Crippen LogP contribution >= 0.6 is 0 Å². The van der Waals surface area contributed by atoms with Crippen LogP contribution in [0.2, 0.25) is 0 Å². The third-order valence-electron chi connectivity index (χ3n) is 6.47. The Balaban J connectivity index is 1.50. The van der Waals surface area contributed by atoms with Crippen molar-refractivity contribution in [1.29, 1.82) is 0 Å². The third kappa shape index (κ3) is 3.33. The van der Waals surface area contributed by atoms with Crippen LogP contribution in [-0.4, -0.2) is 31.9 Å². The third-order valence-corrected chi connectivity index (χ3v) is 6.47. The molecule has 2 bridgehead atoms. The van der Waals surface area contributed by atoms with Crippen molar-refractivity contribution < 1.29 is 9.18 Å². The number of fused-ring (bicyclic) bond motifs is 3. The number of carbonyl (C=O) groups is 1. The second-order valence-corrected chi connectivity index (χ2v) is 8.29. The highest BCUT2D eigenvalue weighted by molar-refractivity contribution is 6.00. The molecule has 148 valence electrons. The molecule has 3 saturated carbocycles. The summed E-state index contributed by atoms with van der Waals surface area (Å²) >= 11 is 0. The summed E-state index contributed by atoms with van der Waals surface area (Å²) in [6.07, 6.45) is 8.88. The topological polar surface area (TPSA) is 59.8 Å². The molecule has 0 spiro atoms. The lowest BCUT2D eigenvalue weighted by Gasteiger charge is -2.49. The number of rotatable bonds is 4. The number of amides is 1. The predicted molar refractivity (Wildman–Crippen MR) is 109 cm³/mol. The summed E-state index contributed by atoms with van der Waals surface area (Å²) in [5.74, 6) is -0.146. The fourth-order valence-corrected chi connectivity index (χ4v) is 4.61. The monoisotopic (exact) mass is 390 g/mol. The van der Waals surface area contributed by atoms with E-state index < -0.39 is 5.67 Å². The molecular formula is C23H23FN4O. The first-order valence-corrected chi connectivity index (χ1v) is 10.1. The Morgan fingerprint density at radius 3 is 2.28 bits per heavy atom. The van der Waals surface area contributed by atoms with Crippen LogP contribution < -0.4 is 5.32 Å². The van der Waals surface area contributed by atoms with E-state index in [4.69, 9.17) is 5.10 Å². The molecule has 2 aromatic heterocycles. The standard InChI is InChI=1S/C23H23FN4O/c24-22-8-11-23(12-9-22,13-10-22)26-21(29)19-16-28(18-4-2-1-3-5-18)27-20(19)17-6-14-25-15-7-17/h1-7,14-16H,8-13H2,(H,26,29). The number of benzene rings is 1. The van der Waals surface area contributed by atoms with Gasteiger partial charge < -0.3 is 5.32 Å². The van der Waals surface area contributed by atoms with Crippen molar-refractivity contribution in [3.05, 3.63) is 66.6 Å². The number of nitrogens with one attached hydrogen (secondary N) is 1. The van der Waals surface area contributed by atoms with Gasteiger partial charge in [0.05, 0.1) is 11.3 Å². The van der Waals surface area contributed by atoms with Gasteiger partial charge in [-0.25, -0.2) is 9.07 Å². The van der Waals surface area contributed by atoms with Crippen LogP contribution in [0.1, 0.15) is 48.9 Å². The highest BCUT2D eigenvalue weighted by Gasteiger charge is 2.49. The molecule has 0 atom stereocenters. The molecule has 3 fully saturated rings. The van der Waals surface area contributed by atoms with Gasteiger partial charge in [0, 0.05) is 29.7 Å². The maximum absolute atomic E-state index is 14.5. The first kappa shape index (κ1) is 18.0. The Morgan fingerprint density at radius 2 is 1.62 bits per heavy atom. The van der Waals surface area contributed by atoms with Gasteiger partial charge in [0.2, 0.25) is 0 Å². The molecule has 1 aromatic carbocycles. The van der Waals surface area contributed by atoms with E-state index in [1.54, 1.807) is 23.3 Å². The van der Waals surface area contributed by atoms with Gasteiger partial charge in [-0.1, -0.05) is 18.2 Å². The average molecular weight is 390 g/mol. The fraction of sp³-hybridized carbons (Fsp3) is 0.348. The number of nitrogens with zero attached hydrogens (tertiary/aromatic N) is 3. The summed E-state index contributed by atoms with van der Waals surface area (Å²) in [6.45, 7) is 0. The van der Waals surface area contributed by atoms with Gasteiger partial charge >= 0.3 is 0 Å². The molecule has 3 aliphatic rings. The summed E-state index contributed by atoms with van der Waals surface area (Å²) < 4.78 is 16.2. The van der Waals surface area contributed by atoms with Crippen molar-refractivity contribution in [2.75, 3.05) is 0 Å². The van der Waals surface area contributed by atoms with Crippen molar-refractivity contribution in [2.45, 2.75) is 49.7 Å². The minimum atomic E-state index is -1.02. The summed E-state index contributed by atoms with van der Waals surface area (Å²) in [4.78, 5) is 17.4. The molecule has 6 rings (SSSR count). The second kappa shape index (κ2) is 6.79. The highest BCUT2D eigenvalue weighted by Crippen LogP contribution is 2.49. The normalized spacial score (nSPS) is 25.7. The zero-order valence-corrected chi connectivity index (χ0v) is 16.1. The second-order valence-electron chi connectivity index (χ2n) is 8.29. The van der Waals surface area contributed by atoms with E-state index >= 15 is 0 Å². The summed E-state index contributed by atoms with van der Waals surface area (Å²) in [6, 6.07) is 13.4. The van der Waals surface area contributed by atoms with Crippen LogP contribution in [0.25, 0.3) is 16.9 Å². The molecule has 0 radical (unpaired) electrons. The van der Waals surface area contributed by atoms with E-state index in [1.165, 1.54) is 0 Å². The smallest absolute Gasteiger partial charge is 0.255 e. The molecule has 29 heavy (non-hydrogen) atoms. The molecule has 2 heterocycles. The molecule has 3 aliphatic carbocycles. The van der Waals surface area contributed by atoms with Gasteiger partial charge in [-0.2, -0.15) is 5.10 Å². The Bertz CT molecular complexity index is 1010. The van der Waals surface area contributed by atoms with Crippen LogP contribution in [0.3, 0.4) is 0 Å². The number of para-hydroxylation sites is 1. The molecule has 0 unspecified atom stereocenters. The number of carbonyl (C=O) groups excluding carboxylic acids is 1. The van der Waals surface area contributed by atoms with Gasteiger partial charge in [0.15, 0.2) is 0 Å². The average Bonchev–Trinajstić information content (AvgIpc) is 3.22. The number of aromatic nitrogens is 3. The SMILES string of the molecule is O=C(NC12CCC(F)(CC1)CC2)c1cn(-c2ccccc2)nc1-c1ccncc1. The van der Waals surface area contributed by atoms with E-state index in [0.717, 1.165) is 11.3 Å². The lowest BCUT2D eigenvalue weighted by molar-refractivity contribution is -0.00649.